The van der Waals surface area contributed by atoms with Gasteiger partial charge in [-0.15, -0.1) is 0 Å². The summed E-state index contributed by atoms with van der Waals surface area (Å²) >= 11 is 0. The smallest absolute Gasteiger partial charge is 0.304 e. The molecule has 7 heteroatoms. The average molecular weight is 236 g/mol. The summed E-state index contributed by atoms with van der Waals surface area (Å²) < 4.78 is 24.6. The van der Waals surface area contributed by atoms with Gasteiger partial charge in [0.15, 0.2) is 0 Å². The third-order valence-electron chi connectivity index (χ3n) is 2.53. The molecule has 88 valence electrons. The highest BCUT2D eigenvalue weighted by Gasteiger charge is 2.30. The monoisotopic (exact) mass is 236 g/mol. The first-order chi connectivity index (χ1) is 6.95. The van der Waals surface area contributed by atoms with Gasteiger partial charge in [-0.1, -0.05) is 0 Å². The van der Waals surface area contributed by atoms with E-state index in [-0.39, 0.29) is 18.2 Å². The number of nitrogens with zero attached hydrogens (tertiary/aromatic N) is 1. The Morgan fingerprint density at radius 1 is 1.60 bits per heavy atom. The summed E-state index contributed by atoms with van der Waals surface area (Å²) in [5.74, 6) is -1.39. The molecule has 0 bridgehead atoms. The van der Waals surface area contributed by atoms with Crippen LogP contribution in [0, 0.1) is 0 Å². The summed E-state index contributed by atoms with van der Waals surface area (Å²) in [4.78, 5) is 10.3. The zero-order chi connectivity index (χ0) is 11.5. The largest absolute Gasteiger partial charge is 0.481 e. The predicted molar refractivity (Wildman–Crippen MR) is 55.1 cm³/mol. The number of hydrogen-bond acceptors (Lipinski definition) is 4. The number of carboxylic acid groups (broad SMARTS) is 1. The van der Waals surface area contributed by atoms with Gasteiger partial charge in [0.1, 0.15) is 0 Å². The van der Waals surface area contributed by atoms with Crippen LogP contribution >= 0.6 is 0 Å². The summed E-state index contributed by atoms with van der Waals surface area (Å²) in [5, 5.41) is 11.4. The van der Waals surface area contributed by atoms with E-state index < -0.39 is 16.0 Å². The fourth-order valence-corrected chi connectivity index (χ4v) is 3.04. The highest BCUT2D eigenvalue weighted by Crippen LogP contribution is 2.14. The minimum absolute atomic E-state index is 0.185. The quantitative estimate of drug-likeness (QED) is 0.645. The van der Waals surface area contributed by atoms with Crippen LogP contribution in [0.4, 0.5) is 0 Å². The van der Waals surface area contributed by atoms with Gasteiger partial charge in [-0.25, -0.2) is 12.7 Å². The van der Waals surface area contributed by atoms with Crippen molar-refractivity contribution in [3.63, 3.8) is 0 Å². The van der Waals surface area contributed by atoms with Crippen LogP contribution in [-0.2, 0) is 14.8 Å². The summed E-state index contributed by atoms with van der Waals surface area (Å²) in [6, 6.07) is 0.185. The Kier molecular flexibility index (Phi) is 4.06. The van der Waals surface area contributed by atoms with Crippen LogP contribution in [-0.4, -0.2) is 55.7 Å². The van der Waals surface area contributed by atoms with Gasteiger partial charge in [-0.3, -0.25) is 4.79 Å². The summed E-state index contributed by atoms with van der Waals surface area (Å²) in [7, 11) is -1.60. The van der Waals surface area contributed by atoms with Crippen LogP contribution < -0.4 is 5.32 Å². The van der Waals surface area contributed by atoms with Crippen molar-refractivity contribution >= 4 is 16.0 Å². The molecule has 0 aliphatic carbocycles. The lowest BCUT2D eigenvalue weighted by Gasteiger charge is -2.15. The van der Waals surface area contributed by atoms with Gasteiger partial charge in [-0.2, -0.15) is 0 Å². The lowest BCUT2D eigenvalue weighted by Crippen LogP contribution is -2.35. The van der Waals surface area contributed by atoms with Crippen LogP contribution in [0.25, 0.3) is 0 Å². The molecule has 1 heterocycles. The molecule has 1 aliphatic heterocycles. The fraction of sp³-hybridized carbons (Fsp3) is 0.875. The molecule has 0 amide bonds. The molecule has 0 aromatic heterocycles. The summed E-state index contributed by atoms with van der Waals surface area (Å²) in [5.41, 5.74) is 0. The zero-order valence-electron chi connectivity index (χ0n) is 8.64. The number of carbonyl (C=O) groups is 1. The molecule has 2 N–H and O–H groups in total. The van der Waals surface area contributed by atoms with Crippen molar-refractivity contribution < 1.29 is 18.3 Å². The highest BCUT2D eigenvalue weighted by molar-refractivity contribution is 7.89. The number of aliphatic carboxylic acids is 1. The highest BCUT2D eigenvalue weighted by atomic mass is 32.2. The third-order valence-corrected chi connectivity index (χ3v) is 4.36. The van der Waals surface area contributed by atoms with E-state index in [4.69, 9.17) is 5.11 Å². The second kappa shape index (κ2) is 4.91. The minimum atomic E-state index is -3.39. The minimum Gasteiger partial charge on any atom is -0.481 e. The van der Waals surface area contributed by atoms with Gasteiger partial charge in [0.05, 0.1) is 12.2 Å². The second-order valence-corrected chi connectivity index (χ2v) is 5.68. The van der Waals surface area contributed by atoms with Crippen molar-refractivity contribution in [2.75, 3.05) is 25.9 Å². The number of rotatable bonds is 5. The number of nitrogens with one attached hydrogen (secondary N) is 1. The maximum absolute atomic E-state index is 11.6. The van der Waals surface area contributed by atoms with Crippen LogP contribution in [0.1, 0.15) is 12.8 Å². The summed E-state index contributed by atoms with van der Waals surface area (Å²) in [6.45, 7) is 0.923. The van der Waals surface area contributed by atoms with Gasteiger partial charge >= 0.3 is 5.97 Å². The molecule has 6 nitrogen and oxygen atoms in total. The first kappa shape index (κ1) is 12.4. The van der Waals surface area contributed by atoms with Gasteiger partial charge in [0.2, 0.25) is 10.0 Å². The Morgan fingerprint density at radius 3 is 2.73 bits per heavy atom. The molecule has 1 rings (SSSR count). The van der Waals surface area contributed by atoms with Crippen molar-refractivity contribution in [3.05, 3.63) is 0 Å². The number of hydrogen-bond donors (Lipinski definition) is 2. The van der Waals surface area contributed by atoms with Crippen molar-refractivity contribution in [1.29, 1.82) is 0 Å². The normalized spacial score (nSPS) is 23.1. The molecule has 1 aliphatic rings. The van der Waals surface area contributed by atoms with Crippen LogP contribution in [0.15, 0.2) is 0 Å². The average Bonchev–Trinajstić information content (AvgIpc) is 2.63. The Hall–Kier alpha value is -0.660. The Bertz CT molecular complexity index is 328. The lowest BCUT2D eigenvalue weighted by atomic mass is 10.3. The second-order valence-electron chi connectivity index (χ2n) is 3.59. The molecular formula is C8H16N2O4S. The Balaban J connectivity index is 2.52. The number of sulfonamides is 1. The van der Waals surface area contributed by atoms with Gasteiger partial charge in [-0.05, 0) is 13.5 Å². The van der Waals surface area contributed by atoms with Crippen molar-refractivity contribution in [1.82, 2.24) is 9.62 Å². The van der Waals surface area contributed by atoms with E-state index in [9.17, 15) is 13.2 Å². The number of likely N-dealkylation sites (N-methyl/N-ethyl adjacent to an activating group) is 1. The van der Waals surface area contributed by atoms with E-state index in [1.165, 1.54) is 4.31 Å². The standard InChI is InChI=1S/C8H16N2O4S/c1-9-7-2-4-10(6-7)15(13,14)5-3-8(11)12/h7,9H,2-6H2,1H3,(H,11,12). The molecular weight excluding hydrogens is 220 g/mol. The Morgan fingerprint density at radius 2 is 2.27 bits per heavy atom. The van der Waals surface area contributed by atoms with Crippen molar-refractivity contribution in [3.8, 4) is 0 Å². The topological polar surface area (TPSA) is 86.7 Å². The fourth-order valence-electron chi connectivity index (χ4n) is 1.56. The molecule has 0 radical (unpaired) electrons. The molecule has 1 atom stereocenters. The first-order valence-electron chi connectivity index (χ1n) is 4.82. The van der Waals surface area contributed by atoms with E-state index in [1.54, 1.807) is 7.05 Å². The zero-order valence-corrected chi connectivity index (χ0v) is 9.46. The van der Waals surface area contributed by atoms with E-state index >= 15 is 0 Å². The van der Waals surface area contributed by atoms with Gasteiger partial charge in [0.25, 0.3) is 0 Å². The van der Waals surface area contributed by atoms with Gasteiger partial charge in [0, 0.05) is 19.1 Å². The molecule has 0 aromatic carbocycles. The SMILES string of the molecule is CNC1CCN(S(=O)(=O)CCC(=O)O)C1. The van der Waals surface area contributed by atoms with Crippen LogP contribution in [0.5, 0.6) is 0 Å². The maximum Gasteiger partial charge on any atom is 0.304 e. The molecule has 15 heavy (non-hydrogen) atoms. The molecule has 0 saturated carbocycles. The van der Waals surface area contributed by atoms with E-state index in [0.717, 1.165) is 6.42 Å². The van der Waals surface area contributed by atoms with Crippen LogP contribution in [0.3, 0.4) is 0 Å². The van der Waals surface area contributed by atoms with Gasteiger partial charge < -0.3 is 10.4 Å². The van der Waals surface area contributed by atoms with E-state index in [1.807, 2.05) is 0 Å². The molecule has 1 fully saturated rings. The molecule has 1 saturated heterocycles. The van der Waals surface area contributed by atoms with Crippen molar-refractivity contribution in [2.45, 2.75) is 18.9 Å². The summed E-state index contributed by atoms with van der Waals surface area (Å²) in [6.07, 6.45) is 0.450. The third kappa shape index (κ3) is 3.44. The number of carboxylic acids is 1. The van der Waals surface area contributed by atoms with E-state index in [2.05, 4.69) is 5.32 Å². The van der Waals surface area contributed by atoms with Crippen molar-refractivity contribution in [2.24, 2.45) is 0 Å². The molecule has 0 spiro atoms. The molecule has 1 unspecified atom stereocenters. The van der Waals surface area contributed by atoms with Crippen LogP contribution in [0.2, 0.25) is 0 Å². The first-order valence-corrected chi connectivity index (χ1v) is 6.43. The maximum atomic E-state index is 11.6. The predicted octanol–water partition coefficient (Wildman–Crippen LogP) is -0.915. The van der Waals surface area contributed by atoms with E-state index in [0.29, 0.717) is 13.1 Å². The lowest BCUT2D eigenvalue weighted by molar-refractivity contribution is -0.136. The Labute approximate surface area is 89.3 Å². The molecule has 0 aromatic rings.